The van der Waals surface area contributed by atoms with Gasteiger partial charge in [0.2, 0.25) is 0 Å². The number of rotatable bonds is 4. The second-order valence-corrected chi connectivity index (χ2v) is 8.46. The van der Waals surface area contributed by atoms with Crippen molar-refractivity contribution >= 4 is 16.7 Å². The highest BCUT2D eigenvalue weighted by atomic mass is 16.5. The summed E-state index contributed by atoms with van der Waals surface area (Å²) in [6.45, 7) is 5.01. The van der Waals surface area contributed by atoms with Crippen molar-refractivity contribution in [3.63, 3.8) is 0 Å². The Kier molecular flexibility index (Phi) is 4.88. The number of nitrogens with zero attached hydrogens (tertiary/aromatic N) is 3. The second kappa shape index (κ2) is 7.72. The zero-order valence-corrected chi connectivity index (χ0v) is 17.9. The molecule has 6 nitrogen and oxygen atoms in total. The molecule has 1 aliphatic heterocycles. The van der Waals surface area contributed by atoms with Gasteiger partial charge in [-0.3, -0.25) is 10.3 Å². The highest BCUT2D eigenvalue weighted by Gasteiger charge is 2.31. The summed E-state index contributed by atoms with van der Waals surface area (Å²) in [7, 11) is 1.88. The van der Waals surface area contributed by atoms with E-state index in [1.807, 2.05) is 25.2 Å². The van der Waals surface area contributed by atoms with Crippen LogP contribution in [0.25, 0.3) is 33.4 Å². The molecular formula is C25H25N5O. The van der Waals surface area contributed by atoms with Crippen LogP contribution in [0.3, 0.4) is 0 Å². The molecule has 0 bridgehead atoms. The van der Waals surface area contributed by atoms with E-state index in [0.717, 1.165) is 39.0 Å². The molecule has 2 aromatic carbocycles. The minimum Gasteiger partial charge on any atom is -0.373 e. The van der Waals surface area contributed by atoms with Gasteiger partial charge in [-0.25, -0.2) is 9.97 Å². The van der Waals surface area contributed by atoms with Crippen LogP contribution >= 0.6 is 0 Å². The van der Waals surface area contributed by atoms with Crippen molar-refractivity contribution in [2.45, 2.75) is 25.6 Å². The Balaban J connectivity index is 1.48. The quantitative estimate of drug-likeness (QED) is 0.503. The van der Waals surface area contributed by atoms with Crippen LogP contribution in [0, 0.1) is 0 Å². The van der Waals surface area contributed by atoms with Crippen LogP contribution in [0.15, 0.2) is 67.0 Å². The predicted octanol–water partition coefficient (Wildman–Crippen LogP) is 4.80. The van der Waals surface area contributed by atoms with Crippen molar-refractivity contribution in [1.29, 1.82) is 0 Å². The number of aromatic nitrogens is 3. The van der Waals surface area contributed by atoms with E-state index in [1.165, 1.54) is 0 Å². The number of benzene rings is 2. The van der Waals surface area contributed by atoms with E-state index in [-0.39, 0.29) is 11.8 Å². The normalized spacial score (nSPS) is 17.7. The molecule has 1 atom stereocenters. The fourth-order valence-electron chi connectivity index (χ4n) is 3.88. The lowest BCUT2D eigenvalue weighted by Gasteiger charge is -2.17. The van der Waals surface area contributed by atoms with Gasteiger partial charge in [0.05, 0.1) is 12.1 Å². The minimum atomic E-state index is -0.0594. The van der Waals surface area contributed by atoms with Crippen molar-refractivity contribution < 1.29 is 4.74 Å². The summed E-state index contributed by atoms with van der Waals surface area (Å²) in [5.41, 5.74) is 5.18. The molecule has 1 aliphatic rings. The number of hydrogen-bond acceptors (Lipinski definition) is 6. The number of nitrogens with one attached hydrogen (secondary N) is 2. The number of fused-ring (bicyclic) bond motifs is 1. The summed E-state index contributed by atoms with van der Waals surface area (Å²) in [5, 5.41) is 7.71. The van der Waals surface area contributed by atoms with Gasteiger partial charge in [-0.15, -0.1) is 0 Å². The zero-order chi connectivity index (χ0) is 21.4. The summed E-state index contributed by atoms with van der Waals surface area (Å²) in [6, 6.07) is 18.7. The second-order valence-electron chi connectivity index (χ2n) is 8.46. The van der Waals surface area contributed by atoms with E-state index < -0.39 is 0 Å². The van der Waals surface area contributed by atoms with Gasteiger partial charge in [0.15, 0.2) is 5.82 Å². The molecule has 1 saturated heterocycles. The molecule has 0 spiro atoms. The van der Waals surface area contributed by atoms with Gasteiger partial charge in [-0.05, 0) is 54.8 Å². The molecule has 0 amide bonds. The largest absolute Gasteiger partial charge is 0.373 e. The van der Waals surface area contributed by atoms with Gasteiger partial charge in [0, 0.05) is 35.9 Å². The molecule has 4 aromatic rings. The van der Waals surface area contributed by atoms with Crippen LogP contribution in [0.1, 0.15) is 25.6 Å². The number of hydrogen-bond donors (Lipinski definition) is 2. The van der Waals surface area contributed by atoms with Crippen molar-refractivity contribution in [3.05, 3.63) is 72.6 Å². The maximum absolute atomic E-state index is 5.90. The van der Waals surface area contributed by atoms with Gasteiger partial charge in [-0.1, -0.05) is 30.3 Å². The maximum Gasteiger partial charge on any atom is 0.163 e. The standard InChI is InChI=1S/C25H25N5O/c1-25(2)15-31-24(30-25)17-8-6-16(7-9-17)18-10-11-21-20(13-18)23(26-3)29-22(28-21)19-5-4-12-27-14-19/h4-14,24,30H,15H2,1-3H3,(H,26,28,29). The molecule has 1 fully saturated rings. The Bertz CT molecular complexity index is 1220. The minimum absolute atomic E-state index is 0.0000964. The van der Waals surface area contributed by atoms with Crippen LogP contribution in [-0.2, 0) is 4.74 Å². The van der Waals surface area contributed by atoms with Crippen LogP contribution < -0.4 is 10.6 Å². The van der Waals surface area contributed by atoms with Crippen molar-refractivity contribution in [3.8, 4) is 22.5 Å². The van der Waals surface area contributed by atoms with Crippen LogP contribution in [0.4, 0.5) is 5.82 Å². The summed E-state index contributed by atoms with van der Waals surface area (Å²) in [4.78, 5) is 13.7. The Labute approximate surface area is 181 Å². The van der Waals surface area contributed by atoms with Gasteiger partial charge < -0.3 is 10.1 Å². The van der Waals surface area contributed by atoms with E-state index in [9.17, 15) is 0 Å². The fraction of sp³-hybridized carbons (Fsp3) is 0.240. The van der Waals surface area contributed by atoms with Crippen LogP contribution in [0.5, 0.6) is 0 Å². The lowest BCUT2D eigenvalue weighted by Crippen LogP contribution is -2.35. The molecule has 31 heavy (non-hydrogen) atoms. The summed E-state index contributed by atoms with van der Waals surface area (Å²) in [5.74, 6) is 1.46. The first-order valence-corrected chi connectivity index (χ1v) is 10.4. The van der Waals surface area contributed by atoms with Gasteiger partial charge >= 0.3 is 0 Å². The Morgan fingerprint density at radius 1 is 1.00 bits per heavy atom. The monoisotopic (exact) mass is 411 g/mol. The molecule has 0 saturated carbocycles. The molecule has 156 valence electrons. The molecule has 1 unspecified atom stereocenters. The first-order chi connectivity index (χ1) is 15.0. The average Bonchev–Trinajstić information content (AvgIpc) is 3.18. The molecule has 0 aliphatic carbocycles. The van der Waals surface area contributed by atoms with Gasteiger partial charge in [0.25, 0.3) is 0 Å². The topological polar surface area (TPSA) is 72.0 Å². The fourth-order valence-corrected chi connectivity index (χ4v) is 3.88. The third-order valence-electron chi connectivity index (χ3n) is 5.53. The van der Waals surface area contributed by atoms with E-state index in [4.69, 9.17) is 14.7 Å². The molecule has 2 N–H and O–H groups in total. The Hall–Kier alpha value is -3.35. The van der Waals surface area contributed by atoms with E-state index in [1.54, 1.807) is 12.4 Å². The van der Waals surface area contributed by atoms with Gasteiger partial charge in [0.1, 0.15) is 12.0 Å². The highest BCUT2D eigenvalue weighted by molar-refractivity contribution is 5.93. The summed E-state index contributed by atoms with van der Waals surface area (Å²) >= 11 is 0. The third-order valence-corrected chi connectivity index (χ3v) is 5.53. The predicted molar refractivity (Wildman–Crippen MR) is 124 cm³/mol. The molecule has 3 heterocycles. The smallest absolute Gasteiger partial charge is 0.163 e. The molecule has 5 rings (SSSR count). The molecule has 2 aromatic heterocycles. The molecule has 0 radical (unpaired) electrons. The Morgan fingerprint density at radius 3 is 2.48 bits per heavy atom. The number of anilines is 1. The molecule has 6 heteroatoms. The summed E-state index contributed by atoms with van der Waals surface area (Å²) in [6.07, 6.45) is 3.47. The van der Waals surface area contributed by atoms with Gasteiger partial charge in [-0.2, -0.15) is 0 Å². The SMILES string of the molecule is CNc1nc(-c2cccnc2)nc2ccc(-c3ccc(C4NC(C)(C)CO4)cc3)cc12. The third kappa shape index (κ3) is 3.87. The van der Waals surface area contributed by atoms with Crippen LogP contribution in [0.2, 0.25) is 0 Å². The van der Waals surface area contributed by atoms with E-state index >= 15 is 0 Å². The van der Waals surface area contributed by atoms with Crippen molar-refractivity contribution in [2.75, 3.05) is 19.0 Å². The lowest BCUT2D eigenvalue weighted by atomic mass is 10.0. The maximum atomic E-state index is 5.90. The first-order valence-electron chi connectivity index (χ1n) is 10.4. The van der Waals surface area contributed by atoms with Crippen molar-refractivity contribution in [1.82, 2.24) is 20.3 Å². The average molecular weight is 412 g/mol. The lowest BCUT2D eigenvalue weighted by molar-refractivity contribution is 0.0989. The van der Waals surface area contributed by atoms with Crippen LogP contribution in [-0.4, -0.2) is 34.1 Å². The molecular weight excluding hydrogens is 386 g/mol. The summed E-state index contributed by atoms with van der Waals surface area (Å²) < 4.78 is 5.90. The first kappa shape index (κ1) is 19.6. The Morgan fingerprint density at radius 2 is 1.81 bits per heavy atom. The van der Waals surface area contributed by atoms with Crippen molar-refractivity contribution in [2.24, 2.45) is 0 Å². The van der Waals surface area contributed by atoms with E-state index in [0.29, 0.717) is 12.4 Å². The van der Waals surface area contributed by atoms with E-state index in [2.05, 4.69) is 65.9 Å². The number of ether oxygens (including phenoxy) is 1. The zero-order valence-electron chi connectivity index (χ0n) is 17.9. The number of pyridine rings is 1. The highest BCUT2D eigenvalue weighted by Crippen LogP contribution is 2.31.